The van der Waals surface area contributed by atoms with Gasteiger partial charge >= 0.3 is 0 Å². The van der Waals surface area contributed by atoms with Gasteiger partial charge in [-0.25, -0.2) is 0 Å². The van der Waals surface area contributed by atoms with Crippen molar-refractivity contribution in [3.8, 4) is 0 Å². The van der Waals surface area contributed by atoms with Crippen LogP contribution < -0.4 is 5.32 Å². The normalized spacial score (nSPS) is 10.5. The number of amides is 1. The Labute approximate surface area is 78.8 Å². The molecule has 1 N–H and O–H groups in total. The number of nitrogens with one attached hydrogen (secondary N) is 1. The van der Waals surface area contributed by atoms with Crippen LogP contribution in [0.3, 0.4) is 0 Å². The lowest BCUT2D eigenvalue weighted by atomic mass is 10.2. The van der Waals surface area contributed by atoms with Crippen LogP contribution in [0, 0.1) is 5.92 Å². The lowest BCUT2D eigenvalue weighted by molar-refractivity contribution is -0.124. The zero-order valence-corrected chi connectivity index (χ0v) is 8.37. The first-order valence-corrected chi connectivity index (χ1v) is 4.48. The molecule has 1 rings (SSSR count). The van der Waals surface area contributed by atoms with Gasteiger partial charge < -0.3 is 9.88 Å². The Balaban J connectivity index is 2.39. The maximum Gasteiger partial charge on any atom is 0.222 e. The Morgan fingerprint density at radius 3 is 2.77 bits per heavy atom. The summed E-state index contributed by atoms with van der Waals surface area (Å²) in [7, 11) is 1.97. The van der Waals surface area contributed by atoms with Crippen molar-refractivity contribution in [3.63, 3.8) is 0 Å². The molecule has 0 fully saturated rings. The van der Waals surface area contributed by atoms with Crippen LogP contribution in [0.4, 0.5) is 0 Å². The Kier molecular flexibility index (Phi) is 3.12. The zero-order chi connectivity index (χ0) is 9.84. The van der Waals surface area contributed by atoms with Crippen molar-refractivity contribution in [1.29, 1.82) is 0 Å². The maximum absolute atomic E-state index is 11.2. The Bertz CT molecular complexity index is 289. The van der Waals surface area contributed by atoms with E-state index < -0.39 is 0 Å². The fourth-order valence-electron chi connectivity index (χ4n) is 1.06. The summed E-state index contributed by atoms with van der Waals surface area (Å²) in [6, 6.07) is 2.00. The molecule has 3 nitrogen and oxygen atoms in total. The highest BCUT2D eigenvalue weighted by molar-refractivity contribution is 5.77. The van der Waals surface area contributed by atoms with Gasteiger partial charge in [0.15, 0.2) is 0 Å². The second kappa shape index (κ2) is 4.12. The number of carbonyl (C=O) groups excluding carboxylic acids is 1. The average molecular weight is 180 g/mol. The molecule has 1 heterocycles. The molecule has 0 aromatic carbocycles. The fraction of sp³-hybridized carbons (Fsp3) is 0.500. The van der Waals surface area contributed by atoms with Gasteiger partial charge in [-0.1, -0.05) is 13.8 Å². The molecule has 0 saturated heterocycles. The molecule has 0 aliphatic rings. The average Bonchev–Trinajstić information content (AvgIpc) is 2.47. The van der Waals surface area contributed by atoms with E-state index in [0.29, 0.717) is 6.54 Å². The second-order valence-electron chi connectivity index (χ2n) is 3.56. The minimum atomic E-state index is 0.0590. The van der Waals surface area contributed by atoms with Crippen LogP contribution in [0.1, 0.15) is 19.4 Å². The van der Waals surface area contributed by atoms with Crippen molar-refractivity contribution in [2.24, 2.45) is 13.0 Å². The number of hydrogen-bond acceptors (Lipinski definition) is 1. The first-order valence-electron chi connectivity index (χ1n) is 4.48. The monoisotopic (exact) mass is 180 g/mol. The van der Waals surface area contributed by atoms with Crippen LogP contribution >= 0.6 is 0 Å². The summed E-state index contributed by atoms with van der Waals surface area (Å²) in [4.78, 5) is 11.2. The van der Waals surface area contributed by atoms with E-state index >= 15 is 0 Å². The van der Waals surface area contributed by atoms with Gasteiger partial charge in [0.25, 0.3) is 0 Å². The molecule has 3 heteroatoms. The van der Waals surface area contributed by atoms with E-state index in [0.717, 1.165) is 5.56 Å². The first-order chi connectivity index (χ1) is 6.09. The number of carbonyl (C=O) groups is 1. The van der Waals surface area contributed by atoms with E-state index in [9.17, 15) is 4.79 Å². The van der Waals surface area contributed by atoms with E-state index in [1.165, 1.54) is 0 Å². The zero-order valence-electron chi connectivity index (χ0n) is 8.37. The molecule has 0 bridgehead atoms. The molecule has 0 unspecified atom stereocenters. The van der Waals surface area contributed by atoms with Crippen LogP contribution in [-0.2, 0) is 18.4 Å². The lowest BCUT2D eigenvalue weighted by Crippen LogP contribution is -2.26. The van der Waals surface area contributed by atoms with Gasteiger partial charge in [-0.3, -0.25) is 4.79 Å². The van der Waals surface area contributed by atoms with Gasteiger partial charge in [0.2, 0.25) is 5.91 Å². The number of aryl methyl sites for hydroxylation is 1. The van der Waals surface area contributed by atoms with Crippen molar-refractivity contribution in [3.05, 3.63) is 24.0 Å². The third-order valence-corrected chi connectivity index (χ3v) is 1.88. The summed E-state index contributed by atoms with van der Waals surface area (Å²) in [5.41, 5.74) is 1.14. The fourth-order valence-corrected chi connectivity index (χ4v) is 1.06. The summed E-state index contributed by atoms with van der Waals surface area (Å²) in [6.07, 6.45) is 3.97. The standard InChI is InChI=1S/C10H16N2O/c1-8(2)10(13)11-6-9-4-5-12(3)7-9/h4-5,7-8H,6H2,1-3H3,(H,11,13). The SMILES string of the molecule is CC(C)C(=O)NCc1ccn(C)c1. The minimum Gasteiger partial charge on any atom is -0.357 e. The lowest BCUT2D eigenvalue weighted by Gasteiger charge is -2.05. The molecular formula is C10H16N2O. The van der Waals surface area contributed by atoms with Crippen LogP contribution in [-0.4, -0.2) is 10.5 Å². The summed E-state index contributed by atoms with van der Waals surface area (Å²) in [6.45, 7) is 4.40. The van der Waals surface area contributed by atoms with Crippen molar-refractivity contribution < 1.29 is 4.79 Å². The molecule has 72 valence electrons. The summed E-state index contributed by atoms with van der Waals surface area (Å²) < 4.78 is 1.97. The van der Waals surface area contributed by atoms with Crippen LogP contribution in [0.25, 0.3) is 0 Å². The maximum atomic E-state index is 11.2. The van der Waals surface area contributed by atoms with E-state index in [1.54, 1.807) is 0 Å². The molecule has 1 amide bonds. The summed E-state index contributed by atoms with van der Waals surface area (Å²) in [5.74, 6) is 0.160. The van der Waals surface area contributed by atoms with Crippen molar-refractivity contribution in [2.75, 3.05) is 0 Å². The molecule has 13 heavy (non-hydrogen) atoms. The highest BCUT2D eigenvalue weighted by atomic mass is 16.1. The smallest absolute Gasteiger partial charge is 0.222 e. The largest absolute Gasteiger partial charge is 0.357 e. The molecular weight excluding hydrogens is 164 g/mol. The molecule has 0 spiro atoms. The number of nitrogens with zero attached hydrogens (tertiary/aromatic N) is 1. The highest BCUT2D eigenvalue weighted by Gasteiger charge is 2.05. The summed E-state index contributed by atoms with van der Waals surface area (Å²) in [5, 5.41) is 2.86. The predicted molar refractivity (Wildman–Crippen MR) is 52.1 cm³/mol. The van der Waals surface area contributed by atoms with Gasteiger partial charge in [-0.05, 0) is 11.6 Å². The van der Waals surface area contributed by atoms with E-state index in [-0.39, 0.29) is 11.8 Å². The van der Waals surface area contributed by atoms with Crippen LogP contribution in [0.2, 0.25) is 0 Å². The van der Waals surface area contributed by atoms with Crippen LogP contribution in [0.15, 0.2) is 18.5 Å². The first kappa shape index (κ1) is 9.84. The topological polar surface area (TPSA) is 34.0 Å². The van der Waals surface area contributed by atoms with Gasteiger partial charge in [-0.15, -0.1) is 0 Å². The van der Waals surface area contributed by atoms with E-state index in [4.69, 9.17) is 0 Å². The van der Waals surface area contributed by atoms with Crippen molar-refractivity contribution in [2.45, 2.75) is 20.4 Å². The van der Waals surface area contributed by atoms with Gasteiger partial charge in [0, 0.05) is 31.9 Å². The van der Waals surface area contributed by atoms with Crippen LogP contribution in [0.5, 0.6) is 0 Å². The molecule has 0 radical (unpaired) electrons. The minimum absolute atomic E-state index is 0.0590. The molecule has 1 aromatic rings. The number of hydrogen-bond donors (Lipinski definition) is 1. The van der Waals surface area contributed by atoms with Gasteiger partial charge in [0.1, 0.15) is 0 Å². The van der Waals surface area contributed by atoms with E-state index in [2.05, 4.69) is 5.32 Å². The molecule has 0 aliphatic heterocycles. The number of rotatable bonds is 3. The predicted octanol–water partition coefficient (Wildman–Crippen LogP) is 1.30. The van der Waals surface area contributed by atoms with Crippen molar-refractivity contribution in [1.82, 2.24) is 9.88 Å². The summed E-state index contributed by atoms with van der Waals surface area (Å²) >= 11 is 0. The van der Waals surface area contributed by atoms with E-state index in [1.807, 2.05) is 43.9 Å². The molecule has 0 atom stereocenters. The van der Waals surface area contributed by atoms with Gasteiger partial charge in [-0.2, -0.15) is 0 Å². The van der Waals surface area contributed by atoms with Crippen molar-refractivity contribution >= 4 is 5.91 Å². The Morgan fingerprint density at radius 2 is 2.31 bits per heavy atom. The quantitative estimate of drug-likeness (QED) is 0.747. The Morgan fingerprint density at radius 1 is 1.62 bits per heavy atom. The Hall–Kier alpha value is -1.25. The number of aromatic nitrogens is 1. The second-order valence-corrected chi connectivity index (χ2v) is 3.56. The molecule has 0 saturated carbocycles. The van der Waals surface area contributed by atoms with Gasteiger partial charge in [0.05, 0.1) is 0 Å². The third-order valence-electron chi connectivity index (χ3n) is 1.88. The highest BCUT2D eigenvalue weighted by Crippen LogP contribution is 1.99. The third kappa shape index (κ3) is 2.93. The molecule has 1 aromatic heterocycles. The molecule has 0 aliphatic carbocycles.